The van der Waals surface area contributed by atoms with Crippen molar-refractivity contribution in [1.82, 2.24) is 30.0 Å². The van der Waals surface area contributed by atoms with Gasteiger partial charge in [0.15, 0.2) is 5.82 Å². The van der Waals surface area contributed by atoms with Gasteiger partial charge in [-0.15, -0.1) is 16.4 Å². The first kappa shape index (κ1) is 17.1. The minimum atomic E-state index is 0.191. The van der Waals surface area contributed by atoms with Gasteiger partial charge in [-0.25, -0.2) is 4.68 Å². The standard InChI is InChI=1S/C18H28N6S/c1-2-22-10-12-23(13-11-22)17(16-9-6-14-25-16)18-19-20-21-24(18)15-7-4-3-5-8-15/h6,9,14-15,17H,2-5,7-8,10-13H2,1H3/t17-/m1/s1. The summed E-state index contributed by atoms with van der Waals surface area (Å²) in [5, 5.41) is 15.2. The molecule has 1 aliphatic heterocycles. The molecule has 0 amide bonds. The van der Waals surface area contributed by atoms with Gasteiger partial charge in [0, 0.05) is 31.1 Å². The maximum Gasteiger partial charge on any atom is 0.174 e. The van der Waals surface area contributed by atoms with Crippen molar-refractivity contribution in [2.75, 3.05) is 32.7 Å². The average molecular weight is 361 g/mol. The van der Waals surface area contributed by atoms with Crippen LogP contribution in [0.4, 0.5) is 0 Å². The highest BCUT2D eigenvalue weighted by Crippen LogP contribution is 2.35. The highest BCUT2D eigenvalue weighted by atomic mass is 32.1. The first-order valence-corrected chi connectivity index (χ1v) is 10.5. The molecule has 1 aliphatic carbocycles. The molecule has 0 bridgehead atoms. The van der Waals surface area contributed by atoms with Gasteiger partial charge < -0.3 is 4.90 Å². The predicted octanol–water partition coefficient (Wildman–Crippen LogP) is 2.97. The van der Waals surface area contributed by atoms with E-state index in [1.54, 1.807) is 0 Å². The zero-order valence-electron chi connectivity index (χ0n) is 15.0. The minimum Gasteiger partial charge on any atom is -0.301 e. The number of likely N-dealkylation sites (N-methyl/N-ethyl adjacent to an activating group) is 1. The highest BCUT2D eigenvalue weighted by molar-refractivity contribution is 7.10. The van der Waals surface area contributed by atoms with Gasteiger partial charge in [-0.2, -0.15) is 0 Å². The van der Waals surface area contributed by atoms with E-state index >= 15 is 0 Å². The fourth-order valence-electron chi connectivity index (χ4n) is 4.22. The van der Waals surface area contributed by atoms with E-state index in [9.17, 15) is 0 Å². The first-order chi connectivity index (χ1) is 12.4. The molecule has 136 valence electrons. The molecule has 2 aromatic rings. The zero-order valence-corrected chi connectivity index (χ0v) is 15.9. The molecule has 2 aromatic heterocycles. The Morgan fingerprint density at radius 3 is 2.64 bits per heavy atom. The van der Waals surface area contributed by atoms with Crippen LogP contribution >= 0.6 is 11.3 Å². The van der Waals surface area contributed by atoms with Crippen LogP contribution in [0.3, 0.4) is 0 Å². The second-order valence-corrected chi connectivity index (χ2v) is 8.14. The van der Waals surface area contributed by atoms with Crippen molar-refractivity contribution in [3.05, 3.63) is 28.2 Å². The first-order valence-electron chi connectivity index (χ1n) is 9.64. The summed E-state index contributed by atoms with van der Waals surface area (Å²) < 4.78 is 2.15. The largest absolute Gasteiger partial charge is 0.301 e. The van der Waals surface area contributed by atoms with Gasteiger partial charge in [0.1, 0.15) is 6.04 Å². The zero-order chi connectivity index (χ0) is 17.1. The predicted molar refractivity (Wildman–Crippen MR) is 99.8 cm³/mol. The topological polar surface area (TPSA) is 50.1 Å². The van der Waals surface area contributed by atoms with E-state index in [1.165, 1.54) is 37.0 Å². The number of thiophene rings is 1. The summed E-state index contributed by atoms with van der Waals surface area (Å²) in [6.07, 6.45) is 6.35. The van der Waals surface area contributed by atoms with Gasteiger partial charge in [0.25, 0.3) is 0 Å². The van der Waals surface area contributed by atoms with E-state index in [0.29, 0.717) is 6.04 Å². The summed E-state index contributed by atoms with van der Waals surface area (Å²) in [6.45, 7) is 7.79. The molecule has 6 nitrogen and oxygen atoms in total. The highest BCUT2D eigenvalue weighted by Gasteiger charge is 2.32. The van der Waals surface area contributed by atoms with Crippen LogP contribution in [0.25, 0.3) is 0 Å². The van der Waals surface area contributed by atoms with Gasteiger partial charge in [-0.1, -0.05) is 32.3 Å². The molecular weight excluding hydrogens is 332 g/mol. The van der Waals surface area contributed by atoms with Crippen molar-refractivity contribution in [1.29, 1.82) is 0 Å². The number of tetrazole rings is 1. The Balaban J connectivity index is 1.62. The molecule has 1 atom stereocenters. The summed E-state index contributed by atoms with van der Waals surface area (Å²) in [5.74, 6) is 1.04. The van der Waals surface area contributed by atoms with E-state index < -0.39 is 0 Å². The summed E-state index contributed by atoms with van der Waals surface area (Å²) in [5.41, 5.74) is 0. The molecule has 1 saturated carbocycles. The van der Waals surface area contributed by atoms with E-state index in [0.717, 1.165) is 38.5 Å². The van der Waals surface area contributed by atoms with Gasteiger partial charge >= 0.3 is 0 Å². The number of hydrogen-bond donors (Lipinski definition) is 0. The monoisotopic (exact) mass is 360 g/mol. The Morgan fingerprint density at radius 2 is 1.96 bits per heavy atom. The third kappa shape index (κ3) is 3.64. The number of hydrogen-bond acceptors (Lipinski definition) is 6. The van der Waals surface area contributed by atoms with Crippen LogP contribution in [0, 0.1) is 0 Å². The number of piperazine rings is 1. The van der Waals surface area contributed by atoms with Gasteiger partial charge in [0.05, 0.1) is 6.04 Å². The van der Waals surface area contributed by atoms with Crippen LogP contribution in [0.2, 0.25) is 0 Å². The molecule has 2 fully saturated rings. The lowest BCUT2D eigenvalue weighted by Crippen LogP contribution is -2.48. The van der Waals surface area contributed by atoms with Gasteiger partial charge in [-0.3, -0.25) is 4.90 Å². The van der Waals surface area contributed by atoms with Crippen molar-refractivity contribution in [2.45, 2.75) is 51.1 Å². The van der Waals surface area contributed by atoms with Crippen molar-refractivity contribution in [3.8, 4) is 0 Å². The lowest BCUT2D eigenvalue weighted by molar-refractivity contribution is 0.108. The molecule has 0 unspecified atom stereocenters. The van der Waals surface area contributed by atoms with Crippen molar-refractivity contribution < 1.29 is 0 Å². The lowest BCUT2D eigenvalue weighted by atomic mass is 9.95. The van der Waals surface area contributed by atoms with Crippen LogP contribution in [0.15, 0.2) is 17.5 Å². The molecule has 0 aromatic carbocycles. The van der Waals surface area contributed by atoms with Crippen LogP contribution in [0.1, 0.15) is 61.8 Å². The van der Waals surface area contributed by atoms with Crippen molar-refractivity contribution >= 4 is 11.3 Å². The number of nitrogens with zero attached hydrogens (tertiary/aromatic N) is 6. The van der Waals surface area contributed by atoms with Crippen LogP contribution in [-0.2, 0) is 0 Å². The maximum atomic E-state index is 4.52. The molecule has 4 rings (SSSR count). The van der Waals surface area contributed by atoms with E-state index in [4.69, 9.17) is 0 Å². The molecule has 0 radical (unpaired) electrons. The maximum absolute atomic E-state index is 4.52. The molecule has 25 heavy (non-hydrogen) atoms. The second kappa shape index (κ2) is 7.93. The fraction of sp³-hybridized carbons (Fsp3) is 0.722. The molecule has 1 saturated heterocycles. The average Bonchev–Trinajstić information content (AvgIpc) is 3.36. The quantitative estimate of drug-likeness (QED) is 0.820. The SMILES string of the molecule is CCN1CCN([C@H](c2cccs2)c2nnnn2C2CCCCC2)CC1. The Morgan fingerprint density at radius 1 is 1.16 bits per heavy atom. The number of rotatable bonds is 5. The van der Waals surface area contributed by atoms with Crippen molar-refractivity contribution in [2.24, 2.45) is 0 Å². The molecule has 0 N–H and O–H groups in total. The number of aromatic nitrogens is 4. The van der Waals surface area contributed by atoms with Gasteiger partial charge in [0.2, 0.25) is 0 Å². The minimum absolute atomic E-state index is 0.191. The molecule has 3 heterocycles. The van der Waals surface area contributed by atoms with E-state index in [2.05, 4.69) is 54.4 Å². The van der Waals surface area contributed by atoms with Crippen LogP contribution < -0.4 is 0 Å². The second-order valence-electron chi connectivity index (χ2n) is 7.16. The normalized spacial score (nSPS) is 22.3. The third-order valence-corrected chi connectivity index (χ3v) is 6.64. The van der Waals surface area contributed by atoms with Gasteiger partial charge in [-0.05, 0) is 41.3 Å². The van der Waals surface area contributed by atoms with Crippen LogP contribution in [0.5, 0.6) is 0 Å². The summed E-state index contributed by atoms with van der Waals surface area (Å²) in [6, 6.07) is 5.04. The smallest absolute Gasteiger partial charge is 0.174 e. The van der Waals surface area contributed by atoms with E-state index in [-0.39, 0.29) is 6.04 Å². The molecule has 7 heteroatoms. The fourth-order valence-corrected chi connectivity index (χ4v) is 5.08. The Kier molecular flexibility index (Phi) is 5.43. The summed E-state index contributed by atoms with van der Waals surface area (Å²) in [7, 11) is 0. The Labute approximate surface area is 153 Å². The van der Waals surface area contributed by atoms with Crippen molar-refractivity contribution in [3.63, 3.8) is 0 Å². The van der Waals surface area contributed by atoms with Crippen LogP contribution in [-0.4, -0.2) is 62.7 Å². The molecule has 2 aliphatic rings. The third-order valence-electron chi connectivity index (χ3n) is 5.72. The summed E-state index contributed by atoms with van der Waals surface area (Å²) >= 11 is 1.82. The van der Waals surface area contributed by atoms with E-state index in [1.807, 2.05) is 11.3 Å². The lowest BCUT2D eigenvalue weighted by Gasteiger charge is -2.38. The Bertz CT molecular complexity index is 640. The molecule has 0 spiro atoms. The Hall–Kier alpha value is -1.31. The summed E-state index contributed by atoms with van der Waals surface area (Å²) in [4.78, 5) is 6.45. The molecular formula is C18H28N6S.